The summed E-state index contributed by atoms with van der Waals surface area (Å²) in [5, 5.41) is 8.57. The maximum Gasteiger partial charge on any atom is 0.143 e. The van der Waals surface area contributed by atoms with Crippen molar-refractivity contribution >= 4 is 13.4 Å². The van der Waals surface area contributed by atoms with Crippen molar-refractivity contribution in [3.63, 3.8) is 0 Å². The summed E-state index contributed by atoms with van der Waals surface area (Å²) in [4.78, 5) is 8.00. The quantitative estimate of drug-likeness (QED) is 0.549. The van der Waals surface area contributed by atoms with Gasteiger partial charge < -0.3 is 0 Å². The monoisotopic (exact) mass is 157 g/mol. The van der Waals surface area contributed by atoms with E-state index in [0.717, 1.165) is 0 Å². The zero-order valence-corrected chi connectivity index (χ0v) is 7.07. The Labute approximate surface area is 72.9 Å². The molecule has 0 aromatic carbocycles. The molecule has 2 radical (unpaired) electrons. The van der Waals surface area contributed by atoms with Crippen molar-refractivity contribution in [2.45, 2.75) is 19.8 Å². The summed E-state index contributed by atoms with van der Waals surface area (Å²) in [6.07, 6.45) is 0. The SMILES string of the molecule is [B]c1cc(C#N)nc(C(C)C)n1. The first-order chi connectivity index (χ1) is 5.63. The zero-order valence-electron chi connectivity index (χ0n) is 7.07. The molecule has 12 heavy (non-hydrogen) atoms. The first-order valence-corrected chi connectivity index (χ1v) is 3.68. The second-order valence-electron chi connectivity index (χ2n) is 2.80. The van der Waals surface area contributed by atoms with E-state index in [4.69, 9.17) is 13.1 Å². The van der Waals surface area contributed by atoms with Gasteiger partial charge >= 0.3 is 0 Å². The van der Waals surface area contributed by atoms with Gasteiger partial charge in [0.05, 0.1) is 0 Å². The molecule has 0 atom stereocenters. The fourth-order valence-corrected chi connectivity index (χ4v) is 0.801. The first-order valence-electron chi connectivity index (χ1n) is 3.68. The topological polar surface area (TPSA) is 49.6 Å². The largest absolute Gasteiger partial charge is 0.249 e. The average molecular weight is 157 g/mol. The third-order valence-electron chi connectivity index (χ3n) is 1.39. The van der Waals surface area contributed by atoms with Crippen LogP contribution in [0.15, 0.2) is 6.07 Å². The minimum Gasteiger partial charge on any atom is -0.249 e. The van der Waals surface area contributed by atoms with Crippen LogP contribution in [0.25, 0.3) is 0 Å². The van der Waals surface area contributed by atoms with Crippen LogP contribution in [0.2, 0.25) is 0 Å². The summed E-state index contributed by atoms with van der Waals surface area (Å²) in [6.45, 7) is 3.91. The Bertz CT molecular complexity index is 328. The zero-order chi connectivity index (χ0) is 9.14. The molecule has 0 saturated heterocycles. The highest BCUT2D eigenvalue weighted by Gasteiger charge is 2.04. The van der Waals surface area contributed by atoms with Crippen LogP contribution >= 0.6 is 0 Å². The lowest BCUT2D eigenvalue weighted by Gasteiger charge is -2.04. The predicted molar refractivity (Wildman–Crippen MR) is 46.2 cm³/mol. The van der Waals surface area contributed by atoms with Gasteiger partial charge in [0.15, 0.2) is 0 Å². The van der Waals surface area contributed by atoms with Crippen molar-refractivity contribution < 1.29 is 0 Å². The number of aromatic nitrogens is 2. The summed E-state index contributed by atoms with van der Waals surface area (Å²) in [7, 11) is 5.47. The van der Waals surface area contributed by atoms with Crippen LogP contribution < -0.4 is 5.59 Å². The molecule has 0 unspecified atom stereocenters. The molecule has 1 rings (SSSR count). The normalized spacial score (nSPS) is 9.83. The number of hydrogen-bond acceptors (Lipinski definition) is 3. The van der Waals surface area contributed by atoms with Gasteiger partial charge in [-0.25, -0.2) is 9.97 Å². The fraction of sp³-hybridized carbons (Fsp3) is 0.375. The molecule has 3 nitrogen and oxygen atoms in total. The predicted octanol–water partition coefficient (Wildman–Crippen LogP) is 0.265. The van der Waals surface area contributed by atoms with Gasteiger partial charge in [0.1, 0.15) is 25.4 Å². The minimum atomic E-state index is 0.195. The summed E-state index contributed by atoms with van der Waals surface area (Å²) < 4.78 is 0. The maximum absolute atomic E-state index is 8.57. The fourth-order valence-electron chi connectivity index (χ4n) is 0.801. The van der Waals surface area contributed by atoms with E-state index >= 15 is 0 Å². The second-order valence-corrected chi connectivity index (χ2v) is 2.80. The standard InChI is InChI=1S/C8H8BN3/c1-5(2)8-11-6(4-10)3-7(9)12-8/h3,5H,1-2H3. The van der Waals surface area contributed by atoms with E-state index in [9.17, 15) is 0 Å². The summed E-state index contributed by atoms with van der Waals surface area (Å²) in [6, 6.07) is 3.40. The third kappa shape index (κ3) is 1.82. The van der Waals surface area contributed by atoms with Crippen molar-refractivity contribution in [2.24, 2.45) is 0 Å². The molecule has 1 heterocycles. The lowest BCUT2D eigenvalue weighted by molar-refractivity contribution is 0.776. The molecule has 1 aromatic heterocycles. The van der Waals surface area contributed by atoms with Crippen molar-refractivity contribution in [3.8, 4) is 6.07 Å². The molecule has 0 aliphatic rings. The van der Waals surface area contributed by atoms with Crippen molar-refractivity contribution in [1.82, 2.24) is 9.97 Å². The van der Waals surface area contributed by atoms with Gasteiger partial charge in [-0.2, -0.15) is 5.26 Å². The van der Waals surface area contributed by atoms with Crippen molar-refractivity contribution in [3.05, 3.63) is 17.6 Å². The van der Waals surface area contributed by atoms with E-state index in [2.05, 4.69) is 9.97 Å². The van der Waals surface area contributed by atoms with E-state index in [0.29, 0.717) is 17.1 Å². The average Bonchev–Trinajstić information content (AvgIpc) is 2.03. The van der Waals surface area contributed by atoms with Gasteiger partial charge in [-0.05, 0) is 11.7 Å². The molecule has 0 saturated carbocycles. The van der Waals surface area contributed by atoms with Crippen LogP contribution in [-0.4, -0.2) is 17.8 Å². The Morgan fingerprint density at radius 2 is 2.17 bits per heavy atom. The lowest BCUT2D eigenvalue weighted by Crippen LogP contribution is -2.14. The second kappa shape index (κ2) is 3.35. The Balaban J connectivity index is 3.17. The molecule has 0 fully saturated rings. The molecular weight excluding hydrogens is 149 g/mol. The van der Waals surface area contributed by atoms with Crippen LogP contribution in [-0.2, 0) is 0 Å². The van der Waals surface area contributed by atoms with E-state index in [-0.39, 0.29) is 5.92 Å². The van der Waals surface area contributed by atoms with Gasteiger partial charge in [0.2, 0.25) is 0 Å². The first kappa shape index (κ1) is 8.73. The van der Waals surface area contributed by atoms with E-state index < -0.39 is 0 Å². The smallest absolute Gasteiger partial charge is 0.143 e. The van der Waals surface area contributed by atoms with Crippen LogP contribution in [0.5, 0.6) is 0 Å². The van der Waals surface area contributed by atoms with Crippen LogP contribution in [0.3, 0.4) is 0 Å². The summed E-state index contributed by atoms with van der Waals surface area (Å²) in [5.74, 6) is 0.812. The highest BCUT2D eigenvalue weighted by atomic mass is 14.9. The Morgan fingerprint density at radius 3 is 2.67 bits per heavy atom. The molecule has 0 aliphatic carbocycles. The van der Waals surface area contributed by atoms with E-state index in [1.54, 1.807) is 0 Å². The molecule has 0 N–H and O–H groups in total. The molecule has 0 bridgehead atoms. The highest BCUT2D eigenvalue weighted by Crippen LogP contribution is 2.06. The van der Waals surface area contributed by atoms with Gasteiger partial charge in [-0.3, -0.25) is 0 Å². The molecule has 4 heteroatoms. The maximum atomic E-state index is 8.57. The van der Waals surface area contributed by atoms with Crippen LogP contribution in [0, 0.1) is 11.3 Å². The molecule has 1 aromatic rings. The Morgan fingerprint density at radius 1 is 1.50 bits per heavy atom. The molecule has 0 aliphatic heterocycles. The number of nitrogens with zero attached hydrogens (tertiary/aromatic N) is 3. The molecule has 0 amide bonds. The molecule has 0 spiro atoms. The van der Waals surface area contributed by atoms with Gasteiger partial charge in [0.25, 0.3) is 0 Å². The number of rotatable bonds is 1. The molecular formula is C8H8BN3. The van der Waals surface area contributed by atoms with E-state index in [1.165, 1.54) is 6.07 Å². The Kier molecular flexibility index (Phi) is 2.44. The Hall–Kier alpha value is -1.37. The number of nitriles is 1. The summed E-state index contributed by atoms with van der Waals surface area (Å²) >= 11 is 0. The lowest BCUT2D eigenvalue weighted by atomic mass is 10.0. The molecule has 58 valence electrons. The van der Waals surface area contributed by atoms with Gasteiger partial charge in [-0.15, -0.1) is 0 Å². The van der Waals surface area contributed by atoms with E-state index in [1.807, 2.05) is 19.9 Å². The summed E-state index contributed by atoms with van der Waals surface area (Å²) in [5.41, 5.74) is 0.677. The van der Waals surface area contributed by atoms with Crippen LogP contribution in [0.4, 0.5) is 0 Å². The van der Waals surface area contributed by atoms with Crippen molar-refractivity contribution in [1.29, 1.82) is 5.26 Å². The number of hydrogen-bond donors (Lipinski definition) is 0. The minimum absolute atomic E-state index is 0.195. The third-order valence-corrected chi connectivity index (χ3v) is 1.39. The van der Waals surface area contributed by atoms with Gasteiger partial charge in [-0.1, -0.05) is 13.8 Å². The highest BCUT2D eigenvalue weighted by molar-refractivity contribution is 6.30. The van der Waals surface area contributed by atoms with Crippen molar-refractivity contribution in [2.75, 3.05) is 0 Å². The van der Waals surface area contributed by atoms with Crippen LogP contribution in [0.1, 0.15) is 31.3 Å². The van der Waals surface area contributed by atoms with Gasteiger partial charge in [0, 0.05) is 5.92 Å².